The number of aryl methyl sites for hydroxylation is 1. The average molecular weight is 392 g/mol. The van der Waals surface area contributed by atoms with Gasteiger partial charge in [0, 0.05) is 10.5 Å². The number of hydrogen-bond acceptors (Lipinski definition) is 3. The molecule has 124 valence electrons. The number of carbonyl (C=O) groups excluding carboxylic acids is 2. The lowest BCUT2D eigenvalue weighted by Gasteiger charge is -2.07. The van der Waals surface area contributed by atoms with E-state index in [2.05, 4.69) is 21.2 Å². The van der Waals surface area contributed by atoms with E-state index < -0.39 is 24.3 Å². The highest BCUT2D eigenvalue weighted by molar-refractivity contribution is 9.10. The van der Waals surface area contributed by atoms with Crippen LogP contribution < -0.4 is 5.32 Å². The van der Waals surface area contributed by atoms with Crippen LogP contribution >= 0.6 is 15.9 Å². The summed E-state index contributed by atoms with van der Waals surface area (Å²) in [5.74, 6) is -1.81. The molecule has 1 amide bonds. The highest BCUT2D eigenvalue weighted by Crippen LogP contribution is 2.17. The SMILES string of the molecule is Cc1ccc(NC(=O)COC(=O)/C=C/c2ccccc2Br)c(F)c1. The van der Waals surface area contributed by atoms with Crippen molar-refractivity contribution in [3.05, 3.63) is 70.0 Å². The summed E-state index contributed by atoms with van der Waals surface area (Å²) in [6.45, 7) is 1.25. The van der Waals surface area contributed by atoms with Crippen LogP contribution in [0.15, 0.2) is 53.0 Å². The third-order valence-corrected chi connectivity index (χ3v) is 3.77. The highest BCUT2D eigenvalue weighted by atomic mass is 79.9. The van der Waals surface area contributed by atoms with E-state index in [0.29, 0.717) is 0 Å². The smallest absolute Gasteiger partial charge is 0.331 e. The number of rotatable bonds is 5. The van der Waals surface area contributed by atoms with Crippen LogP contribution in [0.5, 0.6) is 0 Å². The first kappa shape index (κ1) is 17.9. The van der Waals surface area contributed by atoms with E-state index in [1.54, 1.807) is 19.1 Å². The second-order valence-electron chi connectivity index (χ2n) is 4.99. The standard InChI is InChI=1S/C18H15BrFNO3/c1-12-6-8-16(15(20)10-12)21-17(22)11-24-18(23)9-7-13-4-2-3-5-14(13)19/h2-10H,11H2,1H3,(H,21,22)/b9-7+. The zero-order valence-corrected chi connectivity index (χ0v) is 14.5. The zero-order valence-electron chi connectivity index (χ0n) is 12.9. The van der Waals surface area contributed by atoms with Gasteiger partial charge in [0.2, 0.25) is 0 Å². The maximum atomic E-state index is 13.6. The van der Waals surface area contributed by atoms with Crippen molar-refractivity contribution in [1.29, 1.82) is 0 Å². The molecule has 4 nitrogen and oxygen atoms in total. The second-order valence-corrected chi connectivity index (χ2v) is 5.85. The van der Waals surface area contributed by atoms with Gasteiger partial charge in [0.25, 0.3) is 5.91 Å². The van der Waals surface area contributed by atoms with Crippen molar-refractivity contribution in [3.63, 3.8) is 0 Å². The largest absolute Gasteiger partial charge is 0.452 e. The summed E-state index contributed by atoms with van der Waals surface area (Å²) in [6.07, 6.45) is 2.80. The van der Waals surface area contributed by atoms with Gasteiger partial charge in [0.1, 0.15) is 5.82 Å². The van der Waals surface area contributed by atoms with E-state index in [4.69, 9.17) is 4.74 Å². The van der Waals surface area contributed by atoms with E-state index in [0.717, 1.165) is 15.6 Å². The molecule has 2 rings (SSSR count). The van der Waals surface area contributed by atoms with Gasteiger partial charge in [0.15, 0.2) is 6.61 Å². The van der Waals surface area contributed by atoms with Crippen LogP contribution in [0.2, 0.25) is 0 Å². The number of anilines is 1. The molecule has 0 aromatic heterocycles. The average Bonchev–Trinajstić information content (AvgIpc) is 2.55. The van der Waals surface area contributed by atoms with Crippen molar-refractivity contribution in [3.8, 4) is 0 Å². The van der Waals surface area contributed by atoms with Crippen LogP contribution in [-0.2, 0) is 14.3 Å². The van der Waals surface area contributed by atoms with Gasteiger partial charge in [0.05, 0.1) is 5.69 Å². The minimum Gasteiger partial charge on any atom is -0.452 e. The van der Waals surface area contributed by atoms with Crippen molar-refractivity contribution in [2.24, 2.45) is 0 Å². The number of hydrogen-bond donors (Lipinski definition) is 1. The second kappa shape index (κ2) is 8.40. The fraction of sp³-hybridized carbons (Fsp3) is 0.111. The van der Waals surface area contributed by atoms with Crippen molar-refractivity contribution in [2.45, 2.75) is 6.92 Å². The summed E-state index contributed by atoms with van der Waals surface area (Å²) < 4.78 is 19.3. The van der Waals surface area contributed by atoms with Crippen LogP contribution in [0, 0.1) is 12.7 Å². The van der Waals surface area contributed by atoms with Crippen LogP contribution in [0.4, 0.5) is 10.1 Å². The van der Waals surface area contributed by atoms with Gasteiger partial charge in [-0.05, 0) is 42.3 Å². The van der Waals surface area contributed by atoms with Crippen LogP contribution in [0.25, 0.3) is 6.08 Å². The third kappa shape index (κ3) is 5.31. The number of amides is 1. The lowest BCUT2D eigenvalue weighted by molar-refractivity contribution is -0.142. The quantitative estimate of drug-likeness (QED) is 0.616. The minimum absolute atomic E-state index is 0.0467. The summed E-state index contributed by atoms with van der Waals surface area (Å²) in [4.78, 5) is 23.3. The molecule has 2 aromatic carbocycles. The van der Waals surface area contributed by atoms with Crippen LogP contribution in [0.3, 0.4) is 0 Å². The van der Waals surface area contributed by atoms with Gasteiger partial charge < -0.3 is 10.1 Å². The zero-order chi connectivity index (χ0) is 17.5. The maximum absolute atomic E-state index is 13.6. The number of nitrogens with one attached hydrogen (secondary N) is 1. The van der Waals surface area contributed by atoms with Crippen LogP contribution in [0.1, 0.15) is 11.1 Å². The monoisotopic (exact) mass is 391 g/mol. The molecule has 0 fully saturated rings. The van der Waals surface area contributed by atoms with E-state index >= 15 is 0 Å². The molecule has 0 saturated carbocycles. The Kier molecular flexibility index (Phi) is 6.26. The molecule has 0 heterocycles. The van der Waals surface area contributed by atoms with Crippen molar-refractivity contribution >= 4 is 39.6 Å². The van der Waals surface area contributed by atoms with E-state index in [1.165, 1.54) is 18.2 Å². The fourth-order valence-electron chi connectivity index (χ4n) is 1.86. The molecule has 0 radical (unpaired) electrons. The molecule has 1 N–H and O–H groups in total. The summed E-state index contributed by atoms with van der Waals surface area (Å²) in [7, 11) is 0. The van der Waals surface area contributed by atoms with Crippen molar-refractivity contribution < 1.29 is 18.7 Å². The normalized spacial score (nSPS) is 10.6. The Morgan fingerprint density at radius 1 is 1.25 bits per heavy atom. The highest BCUT2D eigenvalue weighted by Gasteiger charge is 2.09. The van der Waals surface area contributed by atoms with E-state index in [9.17, 15) is 14.0 Å². The molecule has 6 heteroatoms. The Bertz CT molecular complexity index is 790. The lowest BCUT2D eigenvalue weighted by atomic mass is 10.2. The van der Waals surface area contributed by atoms with Crippen LogP contribution in [-0.4, -0.2) is 18.5 Å². The molecular formula is C18H15BrFNO3. The Labute approximate surface area is 147 Å². The molecule has 0 bridgehead atoms. The summed E-state index contributed by atoms with van der Waals surface area (Å²) in [6, 6.07) is 11.8. The Balaban J connectivity index is 1.85. The maximum Gasteiger partial charge on any atom is 0.331 e. The van der Waals surface area contributed by atoms with Crippen molar-refractivity contribution in [2.75, 3.05) is 11.9 Å². The predicted molar refractivity (Wildman–Crippen MR) is 93.9 cm³/mol. The Morgan fingerprint density at radius 3 is 2.71 bits per heavy atom. The first-order valence-electron chi connectivity index (χ1n) is 7.11. The molecule has 0 saturated heterocycles. The molecule has 0 unspecified atom stereocenters. The number of esters is 1. The first-order chi connectivity index (χ1) is 11.5. The van der Waals surface area contributed by atoms with E-state index in [-0.39, 0.29) is 5.69 Å². The lowest BCUT2D eigenvalue weighted by Crippen LogP contribution is -2.20. The Hall–Kier alpha value is -2.47. The molecule has 0 atom stereocenters. The number of benzene rings is 2. The number of ether oxygens (including phenoxy) is 1. The molecule has 0 aliphatic rings. The topological polar surface area (TPSA) is 55.4 Å². The molecular weight excluding hydrogens is 377 g/mol. The van der Waals surface area contributed by atoms with Gasteiger partial charge >= 0.3 is 5.97 Å². The number of carbonyl (C=O) groups is 2. The predicted octanol–water partition coefficient (Wildman–Crippen LogP) is 4.09. The molecule has 0 spiro atoms. The van der Waals surface area contributed by atoms with Gasteiger partial charge in [-0.2, -0.15) is 0 Å². The molecule has 24 heavy (non-hydrogen) atoms. The van der Waals surface area contributed by atoms with Gasteiger partial charge in [-0.3, -0.25) is 4.79 Å². The van der Waals surface area contributed by atoms with E-state index in [1.807, 2.05) is 24.3 Å². The fourth-order valence-corrected chi connectivity index (χ4v) is 2.28. The number of halogens is 2. The summed E-state index contributed by atoms with van der Waals surface area (Å²) in [5.41, 5.74) is 1.60. The molecule has 0 aliphatic heterocycles. The summed E-state index contributed by atoms with van der Waals surface area (Å²) >= 11 is 3.35. The van der Waals surface area contributed by atoms with Crippen molar-refractivity contribution in [1.82, 2.24) is 0 Å². The summed E-state index contributed by atoms with van der Waals surface area (Å²) in [5, 5.41) is 2.35. The minimum atomic E-state index is -0.662. The Morgan fingerprint density at radius 2 is 2.00 bits per heavy atom. The van der Waals surface area contributed by atoms with Gasteiger partial charge in [-0.1, -0.05) is 40.2 Å². The van der Waals surface area contributed by atoms with Gasteiger partial charge in [-0.25, -0.2) is 9.18 Å². The third-order valence-electron chi connectivity index (χ3n) is 3.05. The molecule has 2 aromatic rings. The first-order valence-corrected chi connectivity index (χ1v) is 7.90. The molecule has 0 aliphatic carbocycles. The van der Waals surface area contributed by atoms with Gasteiger partial charge in [-0.15, -0.1) is 0 Å².